The Kier molecular flexibility index (Phi) is 10.1. The van der Waals surface area contributed by atoms with Crippen molar-refractivity contribution in [2.75, 3.05) is 23.1 Å². The molecule has 12 nitrogen and oxygen atoms in total. The molecule has 3 aromatic carbocycles. The molecule has 1 aromatic heterocycles. The van der Waals surface area contributed by atoms with Gasteiger partial charge in [0.2, 0.25) is 15.9 Å². The fourth-order valence-corrected chi connectivity index (χ4v) is 6.97. The van der Waals surface area contributed by atoms with Crippen LogP contribution in [0.5, 0.6) is 5.75 Å². The molecule has 1 saturated heterocycles. The van der Waals surface area contributed by atoms with E-state index in [0.717, 1.165) is 41.4 Å². The molecule has 1 aliphatic heterocycles. The lowest BCUT2D eigenvalue weighted by molar-refractivity contribution is -0.134. The zero-order chi connectivity index (χ0) is 33.7. The van der Waals surface area contributed by atoms with Crippen LogP contribution in [0.25, 0.3) is 11.0 Å². The summed E-state index contributed by atoms with van der Waals surface area (Å²) in [6.07, 6.45) is 1.47. The minimum absolute atomic E-state index is 0.0394. The third-order valence-electron chi connectivity index (χ3n) is 8.23. The third kappa shape index (κ3) is 8.28. The van der Waals surface area contributed by atoms with E-state index in [9.17, 15) is 23.1 Å². The molecule has 1 aliphatic rings. The minimum atomic E-state index is -4.36. The number of benzene rings is 3. The van der Waals surface area contributed by atoms with Gasteiger partial charge in [-0.05, 0) is 68.3 Å². The predicted octanol–water partition coefficient (Wildman–Crippen LogP) is 4.48. The molecule has 1 atom stereocenters. The lowest BCUT2D eigenvalue weighted by Gasteiger charge is -2.33. The van der Waals surface area contributed by atoms with Crippen LogP contribution in [0, 0.1) is 12.3 Å². The van der Waals surface area contributed by atoms with Gasteiger partial charge in [-0.3, -0.25) is 19.3 Å². The summed E-state index contributed by atoms with van der Waals surface area (Å²) >= 11 is 0. The van der Waals surface area contributed by atoms with Gasteiger partial charge in [0, 0.05) is 25.9 Å². The maximum absolute atomic E-state index is 13.5. The number of fused-ring (bicyclic) bond motifs is 1. The van der Waals surface area contributed by atoms with Crippen molar-refractivity contribution in [3.63, 3.8) is 0 Å². The number of anilines is 1. The first-order valence-corrected chi connectivity index (χ1v) is 17.1. The number of nitrogens with zero attached hydrogens (tertiary/aromatic N) is 4. The zero-order valence-corrected chi connectivity index (χ0v) is 27.5. The maximum atomic E-state index is 13.5. The van der Waals surface area contributed by atoms with Crippen LogP contribution in [0.2, 0.25) is 0 Å². The van der Waals surface area contributed by atoms with Crippen LogP contribution in [-0.2, 0) is 32.7 Å². The van der Waals surface area contributed by atoms with E-state index in [1.165, 1.54) is 0 Å². The van der Waals surface area contributed by atoms with Crippen LogP contribution < -0.4 is 14.4 Å². The van der Waals surface area contributed by atoms with Crippen LogP contribution >= 0.6 is 0 Å². The van der Waals surface area contributed by atoms with E-state index in [4.69, 9.17) is 15.1 Å². The first kappa shape index (κ1) is 33.5. The van der Waals surface area contributed by atoms with Crippen molar-refractivity contribution in [3.8, 4) is 5.75 Å². The van der Waals surface area contributed by atoms with Gasteiger partial charge in [0.1, 0.15) is 24.2 Å². The molecule has 2 heterocycles. The van der Waals surface area contributed by atoms with Gasteiger partial charge in [-0.25, -0.2) is 13.4 Å². The highest BCUT2D eigenvalue weighted by atomic mass is 32.2. The quantitative estimate of drug-likeness (QED) is 0.148. The van der Waals surface area contributed by atoms with Gasteiger partial charge in [0.25, 0.3) is 0 Å². The Morgan fingerprint density at radius 2 is 1.77 bits per heavy atom. The van der Waals surface area contributed by atoms with E-state index in [-0.39, 0.29) is 42.7 Å². The average molecular weight is 661 g/mol. The van der Waals surface area contributed by atoms with E-state index < -0.39 is 21.7 Å². The number of aryl methyl sites for hydroxylation is 1. The Morgan fingerprint density at radius 3 is 2.40 bits per heavy atom. The molecular weight excluding hydrogens is 620 g/mol. The van der Waals surface area contributed by atoms with Crippen LogP contribution in [0.4, 0.5) is 5.69 Å². The molecule has 13 heteroatoms. The number of nitrogens with one attached hydrogen (secondary N) is 2. The SMILES string of the molecule is CC(=N)N1CCC(Oc2ccc(N(Cc3nc4cc(C)ccc4n3CC(=O)N[C@@H](C)c3ccccc3)S(=O)(=O)CC(=O)O)cc2)CC1. The summed E-state index contributed by atoms with van der Waals surface area (Å²) in [5.41, 5.74) is 3.37. The molecule has 0 aliphatic carbocycles. The number of aliphatic carboxylic acids is 1. The summed E-state index contributed by atoms with van der Waals surface area (Å²) in [6, 6.07) is 21.4. The van der Waals surface area contributed by atoms with Crippen molar-refractivity contribution in [1.29, 1.82) is 5.41 Å². The lowest BCUT2D eigenvalue weighted by Crippen LogP contribution is -2.40. The van der Waals surface area contributed by atoms with Crippen molar-refractivity contribution >= 4 is 44.5 Å². The summed E-state index contributed by atoms with van der Waals surface area (Å²) in [5, 5.41) is 20.3. The number of carbonyl (C=O) groups excluding carboxylic acids is 1. The molecule has 0 bridgehead atoms. The number of hydrogen-bond acceptors (Lipinski definition) is 7. The molecule has 3 N–H and O–H groups in total. The van der Waals surface area contributed by atoms with Crippen LogP contribution in [0.15, 0.2) is 72.8 Å². The molecule has 248 valence electrons. The Labute approximate surface area is 274 Å². The van der Waals surface area contributed by atoms with Crippen LogP contribution in [0.3, 0.4) is 0 Å². The van der Waals surface area contributed by atoms with E-state index in [2.05, 4.69) is 5.32 Å². The number of carbonyl (C=O) groups is 2. The number of amidine groups is 1. The number of piperidine rings is 1. The van der Waals surface area contributed by atoms with Gasteiger partial charge in [0.15, 0.2) is 5.75 Å². The first-order chi connectivity index (χ1) is 22.4. The number of amides is 1. The Balaban J connectivity index is 1.42. The van der Waals surface area contributed by atoms with E-state index in [0.29, 0.717) is 22.6 Å². The predicted molar refractivity (Wildman–Crippen MR) is 180 cm³/mol. The smallest absolute Gasteiger partial charge is 0.320 e. The Hall–Kier alpha value is -4.91. The zero-order valence-electron chi connectivity index (χ0n) is 26.7. The molecule has 5 rings (SSSR count). The monoisotopic (exact) mass is 660 g/mol. The summed E-state index contributed by atoms with van der Waals surface area (Å²) in [5.74, 6) is -1.52. The van der Waals surface area contributed by atoms with Gasteiger partial charge in [0.05, 0.1) is 35.1 Å². The molecule has 4 aromatic rings. The van der Waals surface area contributed by atoms with Crippen LogP contribution in [-0.4, -0.2) is 70.6 Å². The fourth-order valence-electron chi connectivity index (χ4n) is 5.75. The highest BCUT2D eigenvalue weighted by Crippen LogP contribution is 2.28. The second-order valence-corrected chi connectivity index (χ2v) is 13.7. The van der Waals surface area contributed by atoms with Crippen molar-refractivity contribution in [1.82, 2.24) is 19.8 Å². The lowest BCUT2D eigenvalue weighted by atomic mass is 10.1. The number of ether oxygens (including phenoxy) is 1. The minimum Gasteiger partial charge on any atom is -0.490 e. The summed E-state index contributed by atoms with van der Waals surface area (Å²) < 4.78 is 35.9. The van der Waals surface area contributed by atoms with Crippen molar-refractivity contribution in [2.24, 2.45) is 0 Å². The summed E-state index contributed by atoms with van der Waals surface area (Å²) in [6.45, 7) is 6.59. The average Bonchev–Trinajstić information content (AvgIpc) is 3.35. The van der Waals surface area contributed by atoms with Gasteiger partial charge in [-0.1, -0.05) is 36.4 Å². The highest BCUT2D eigenvalue weighted by molar-refractivity contribution is 7.93. The number of sulfonamides is 1. The second-order valence-electron chi connectivity index (χ2n) is 11.8. The van der Waals surface area contributed by atoms with E-state index in [1.807, 2.05) is 67.3 Å². The normalized spacial score (nSPS) is 14.5. The Morgan fingerprint density at radius 1 is 1.09 bits per heavy atom. The number of rotatable bonds is 12. The largest absolute Gasteiger partial charge is 0.490 e. The Bertz CT molecular complexity index is 1850. The van der Waals surface area contributed by atoms with E-state index >= 15 is 0 Å². The van der Waals surface area contributed by atoms with Crippen LogP contribution in [0.1, 0.15) is 49.7 Å². The molecule has 0 radical (unpaired) electrons. The number of aromatic nitrogens is 2. The van der Waals surface area contributed by atoms with Crippen molar-refractivity contribution in [3.05, 3.63) is 89.7 Å². The van der Waals surface area contributed by atoms with Gasteiger partial charge in [-0.2, -0.15) is 0 Å². The van der Waals surface area contributed by atoms with Gasteiger partial charge >= 0.3 is 5.97 Å². The van der Waals surface area contributed by atoms with Crippen molar-refractivity contribution in [2.45, 2.75) is 58.8 Å². The van der Waals surface area contributed by atoms with E-state index in [1.54, 1.807) is 35.8 Å². The third-order valence-corrected chi connectivity index (χ3v) is 9.86. The number of hydrogen-bond donors (Lipinski definition) is 3. The number of imidazole rings is 1. The van der Waals surface area contributed by atoms with Gasteiger partial charge in [-0.15, -0.1) is 0 Å². The molecule has 0 unspecified atom stereocenters. The molecule has 0 saturated carbocycles. The standard InChI is InChI=1S/C34H40N6O6S/c1-23-9-14-31-30(19-23)37-32(39(31)21-33(41)36-24(2)26-7-5-4-6-8-26)20-40(47(44,45)22-34(42)43)27-10-12-28(13-11-27)46-29-15-17-38(18-16-29)25(3)35/h4-14,19,24,29,35H,15-18,20-22H2,1-3H3,(H,36,41)(H,42,43)/t24-/m0/s1. The van der Waals surface area contributed by atoms with Gasteiger partial charge < -0.3 is 24.6 Å². The number of likely N-dealkylation sites (tertiary alicyclic amines) is 1. The molecule has 1 amide bonds. The number of carboxylic acid groups (broad SMARTS) is 1. The second kappa shape index (κ2) is 14.2. The fraction of sp³-hybridized carbons (Fsp3) is 0.353. The highest BCUT2D eigenvalue weighted by Gasteiger charge is 2.29. The van der Waals surface area contributed by atoms with Crippen molar-refractivity contribution < 1.29 is 27.9 Å². The summed E-state index contributed by atoms with van der Waals surface area (Å²) in [7, 11) is -4.36. The first-order valence-electron chi connectivity index (χ1n) is 15.5. The topological polar surface area (TPSA) is 158 Å². The molecule has 0 spiro atoms. The molecular formula is C34H40N6O6S. The molecule has 47 heavy (non-hydrogen) atoms. The maximum Gasteiger partial charge on any atom is 0.320 e. The summed E-state index contributed by atoms with van der Waals surface area (Å²) in [4.78, 5) is 31.7. The number of carboxylic acids is 1. The molecule has 1 fully saturated rings.